The lowest BCUT2D eigenvalue weighted by molar-refractivity contribution is 0.886. The molecule has 0 spiro atoms. The normalized spacial score (nSPS) is 10.5. The Morgan fingerprint density at radius 2 is 2.18 bits per heavy atom. The van der Waals surface area contributed by atoms with Gasteiger partial charge in [0.05, 0.1) is 10.7 Å². The van der Waals surface area contributed by atoms with Crippen molar-refractivity contribution in [3.63, 3.8) is 0 Å². The van der Waals surface area contributed by atoms with Crippen LogP contribution in [-0.2, 0) is 6.42 Å². The van der Waals surface area contributed by atoms with Crippen LogP contribution in [0.5, 0.6) is 0 Å². The Labute approximate surface area is 76.4 Å². The minimum atomic E-state index is 0.732. The second-order valence-electron chi connectivity index (χ2n) is 2.53. The number of aryl methyl sites for hydroxylation is 3. The second-order valence-corrected chi connectivity index (χ2v) is 4.31. The zero-order valence-electron chi connectivity index (χ0n) is 6.85. The Hall–Kier alpha value is -0.0800. The molecule has 1 nitrogen and oxygen atoms in total. The summed E-state index contributed by atoms with van der Waals surface area (Å²) in [6.07, 6.45) is 2.06. The van der Waals surface area contributed by atoms with Gasteiger partial charge in [-0.1, -0.05) is 0 Å². The van der Waals surface area contributed by atoms with Crippen LogP contribution in [0.3, 0.4) is 0 Å². The molecule has 0 saturated heterocycles. The Morgan fingerprint density at radius 1 is 1.45 bits per heavy atom. The van der Waals surface area contributed by atoms with Gasteiger partial charge in [-0.25, -0.2) is 4.98 Å². The largest absolute Gasteiger partial charge is 0.246 e. The lowest BCUT2D eigenvalue weighted by Gasteiger charge is -1.93. The zero-order valence-corrected chi connectivity index (χ0v) is 8.43. The van der Waals surface area contributed by atoms with Crippen molar-refractivity contribution in [3.05, 3.63) is 15.6 Å². The fraction of sp³-hybridized carbons (Fsp3) is 0.625. The van der Waals surface area contributed by atoms with Gasteiger partial charge in [0, 0.05) is 10.8 Å². The molecule has 0 fully saturated rings. The number of thiazole rings is 1. The summed E-state index contributed by atoms with van der Waals surface area (Å²) in [6.45, 7) is 4.16. The lowest BCUT2D eigenvalue weighted by atomic mass is 10.2. The van der Waals surface area contributed by atoms with E-state index in [1.54, 1.807) is 11.3 Å². The van der Waals surface area contributed by atoms with E-state index < -0.39 is 0 Å². The molecule has 0 aromatic carbocycles. The summed E-state index contributed by atoms with van der Waals surface area (Å²) in [5.41, 5.74) is 1.23. The quantitative estimate of drug-likeness (QED) is 0.667. The molecule has 0 aliphatic heterocycles. The van der Waals surface area contributed by atoms with Gasteiger partial charge in [-0.3, -0.25) is 0 Å². The monoisotopic (exact) mass is 189 g/mol. The predicted molar refractivity (Wildman–Crippen MR) is 50.6 cm³/mol. The highest BCUT2D eigenvalue weighted by Gasteiger charge is 2.02. The van der Waals surface area contributed by atoms with Crippen LogP contribution in [0.4, 0.5) is 0 Å². The lowest BCUT2D eigenvalue weighted by Crippen LogP contribution is -1.88. The number of hydrogen-bond acceptors (Lipinski definition) is 2. The van der Waals surface area contributed by atoms with Gasteiger partial charge in [-0.15, -0.1) is 22.9 Å². The zero-order chi connectivity index (χ0) is 8.27. The summed E-state index contributed by atoms with van der Waals surface area (Å²) in [5.74, 6) is 0.732. The Morgan fingerprint density at radius 3 is 2.64 bits per heavy atom. The Bertz CT molecular complexity index is 232. The minimum absolute atomic E-state index is 0.732. The van der Waals surface area contributed by atoms with Gasteiger partial charge in [-0.2, -0.15) is 0 Å². The van der Waals surface area contributed by atoms with E-state index in [2.05, 4.69) is 11.9 Å². The van der Waals surface area contributed by atoms with Crippen LogP contribution in [0.15, 0.2) is 0 Å². The van der Waals surface area contributed by atoms with E-state index in [4.69, 9.17) is 11.6 Å². The van der Waals surface area contributed by atoms with E-state index >= 15 is 0 Å². The average molecular weight is 190 g/mol. The van der Waals surface area contributed by atoms with Gasteiger partial charge in [0.2, 0.25) is 0 Å². The van der Waals surface area contributed by atoms with Crippen LogP contribution < -0.4 is 0 Å². The van der Waals surface area contributed by atoms with Gasteiger partial charge in [0.25, 0.3) is 0 Å². The summed E-state index contributed by atoms with van der Waals surface area (Å²) in [6, 6.07) is 0. The molecule has 1 rings (SSSR count). The summed E-state index contributed by atoms with van der Waals surface area (Å²) in [5, 5.41) is 1.16. The van der Waals surface area contributed by atoms with Gasteiger partial charge < -0.3 is 0 Å². The molecule has 0 radical (unpaired) electrons. The molecule has 11 heavy (non-hydrogen) atoms. The molecule has 0 bridgehead atoms. The van der Waals surface area contributed by atoms with Crippen molar-refractivity contribution in [2.24, 2.45) is 0 Å². The molecule has 0 amide bonds. The van der Waals surface area contributed by atoms with Crippen molar-refractivity contribution >= 4 is 22.9 Å². The van der Waals surface area contributed by atoms with Crippen LogP contribution in [0.25, 0.3) is 0 Å². The minimum Gasteiger partial charge on any atom is -0.246 e. The second kappa shape index (κ2) is 4.07. The van der Waals surface area contributed by atoms with Crippen molar-refractivity contribution in [1.29, 1.82) is 0 Å². The molecular weight excluding hydrogens is 178 g/mol. The molecule has 3 heteroatoms. The Balaban J connectivity index is 2.62. The molecule has 62 valence electrons. The van der Waals surface area contributed by atoms with Gasteiger partial charge in [0.1, 0.15) is 0 Å². The first-order valence-electron chi connectivity index (χ1n) is 3.73. The number of hydrogen-bond donors (Lipinski definition) is 0. The van der Waals surface area contributed by atoms with Crippen LogP contribution in [-0.4, -0.2) is 10.9 Å². The van der Waals surface area contributed by atoms with Crippen molar-refractivity contribution in [2.45, 2.75) is 26.7 Å². The molecular formula is C8H12ClNS. The highest BCUT2D eigenvalue weighted by Crippen LogP contribution is 2.17. The molecule has 0 unspecified atom stereocenters. The first-order valence-corrected chi connectivity index (χ1v) is 5.08. The highest BCUT2D eigenvalue weighted by atomic mass is 35.5. The molecule has 1 aromatic rings. The van der Waals surface area contributed by atoms with Gasteiger partial charge in [-0.05, 0) is 26.7 Å². The van der Waals surface area contributed by atoms with E-state index in [1.807, 2.05) is 6.92 Å². The average Bonchev–Trinajstić information content (AvgIpc) is 2.26. The first-order chi connectivity index (χ1) is 5.24. The summed E-state index contributed by atoms with van der Waals surface area (Å²) in [4.78, 5) is 5.75. The van der Waals surface area contributed by atoms with E-state index in [-0.39, 0.29) is 0 Å². The maximum absolute atomic E-state index is 5.59. The van der Waals surface area contributed by atoms with Crippen molar-refractivity contribution < 1.29 is 0 Å². The SMILES string of the molecule is Cc1nc(CCCCl)c(C)s1. The maximum atomic E-state index is 5.59. The van der Waals surface area contributed by atoms with Crippen LogP contribution in [0.2, 0.25) is 0 Å². The van der Waals surface area contributed by atoms with Gasteiger partial charge >= 0.3 is 0 Å². The van der Waals surface area contributed by atoms with Gasteiger partial charge in [0.15, 0.2) is 0 Å². The van der Waals surface area contributed by atoms with Crippen LogP contribution in [0.1, 0.15) is 22.0 Å². The third-order valence-electron chi connectivity index (χ3n) is 1.55. The number of halogens is 1. The van der Waals surface area contributed by atoms with E-state index in [1.165, 1.54) is 10.6 Å². The van der Waals surface area contributed by atoms with E-state index in [9.17, 15) is 0 Å². The van der Waals surface area contributed by atoms with E-state index in [0.29, 0.717) is 0 Å². The predicted octanol–water partition coefficient (Wildman–Crippen LogP) is 2.93. The number of alkyl halides is 1. The number of rotatable bonds is 3. The third-order valence-corrected chi connectivity index (χ3v) is 2.74. The molecule has 0 aliphatic carbocycles. The molecule has 1 heterocycles. The van der Waals surface area contributed by atoms with Crippen LogP contribution >= 0.6 is 22.9 Å². The number of aromatic nitrogens is 1. The van der Waals surface area contributed by atoms with Crippen molar-refractivity contribution in [3.8, 4) is 0 Å². The third kappa shape index (κ3) is 2.46. The molecule has 0 atom stereocenters. The smallest absolute Gasteiger partial charge is 0.0900 e. The summed E-state index contributed by atoms with van der Waals surface area (Å²) in [7, 11) is 0. The molecule has 0 N–H and O–H groups in total. The fourth-order valence-corrected chi connectivity index (χ4v) is 2.04. The maximum Gasteiger partial charge on any atom is 0.0900 e. The molecule has 1 aromatic heterocycles. The van der Waals surface area contributed by atoms with Crippen molar-refractivity contribution in [2.75, 3.05) is 5.88 Å². The first kappa shape index (κ1) is 9.01. The van der Waals surface area contributed by atoms with E-state index in [0.717, 1.165) is 23.7 Å². The van der Waals surface area contributed by atoms with Crippen LogP contribution in [0, 0.1) is 13.8 Å². The standard InChI is InChI=1S/C8H12ClNS/c1-6-8(4-3-5-9)10-7(2)11-6/h3-5H2,1-2H3. The molecule has 0 saturated carbocycles. The topological polar surface area (TPSA) is 12.9 Å². The number of nitrogens with zero attached hydrogens (tertiary/aromatic N) is 1. The summed E-state index contributed by atoms with van der Waals surface area (Å²) >= 11 is 7.35. The molecule has 0 aliphatic rings. The highest BCUT2D eigenvalue weighted by molar-refractivity contribution is 7.11. The Kier molecular flexibility index (Phi) is 3.34. The summed E-state index contributed by atoms with van der Waals surface area (Å²) < 4.78 is 0. The van der Waals surface area contributed by atoms with Crippen molar-refractivity contribution in [1.82, 2.24) is 4.98 Å². The fourth-order valence-electron chi connectivity index (χ4n) is 1.04.